The van der Waals surface area contributed by atoms with E-state index in [2.05, 4.69) is 10.5 Å². The third kappa shape index (κ3) is 3.59. The second kappa shape index (κ2) is 6.08. The summed E-state index contributed by atoms with van der Waals surface area (Å²) in [4.78, 5) is 10.1. The van der Waals surface area contributed by atoms with Gasteiger partial charge in [-0.1, -0.05) is 6.07 Å². The molecule has 5 nitrogen and oxygen atoms in total. The van der Waals surface area contributed by atoms with E-state index in [-0.39, 0.29) is 5.69 Å². The van der Waals surface area contributed by atoms with E-state index >= 15 is 0 Å². The Hall–Kier alpha value is -2.83. The number of non-ortho nitro benzene ring substituents is 1. The summed E-state index contributed by atoms with van der Waals surface area (Å²) in [5, 5.41) is 14.6. The van der Waals surface area contributed by atoms with Crippen molar-refractivity contribution in [2.24, 2.45) is 5.10 Å². The normalized spacial score (nSPS) is 11.3. The van der Waals surface area contributed by atoms with Gasteiger partial charge in [0, 0.05) is 17.7 Å². The van der Waals surface area contributed by atoms with E-state index < -0.39 is 16.6 Å². The number of nitrogens with one attached hydrogen (secondary N) is 1. The number of nitrogens with zero attached hydrogens (tertiary/aromatic N) is 2. The highest BCUT2D eigenvalue weighted by Crippen LogP contribution is 2.17. The van der Waals surface area contributed by atoms with Crippen molar-refractivity contribution in [2.75, 3.05) is 5.43 Å². The monoisotopic (exact) mass is 291 g/mol. The highest BCUT2D eigenvalue weighted by Gasteiger charge is 2.06. The minimum atomic E-state index is -0.961. The zero-order valence-electron chi connectivity index (χ0n) is 11.0. The fourth-order valence-electron chi connectivity index (χ4n) is 1.62. The van der Waals surface area contributed by atoms with Gasteiger partial charge in [0.05, 0.1) is 16.3 Å². The number of hydrazone groups is 1. The molecule has 0 saturated carbocycles. The molecule has 0 spiro atoms. The topological polar surface area (TPSA) is 67.5 Å². The van der Waals surface area contributed by atoms with Crippen LogP contribution >= 0.6 is 0 Å². The molecule has 0 saturated heterocycles. The molecule has 0 aromatic heterocycles. The van der Waals surface area contributed by atoms with Crippen LogP contribution in [0.5, 0.6) is 0 Å². The molecule has 0 radical (unpaired) electrons. The Balaban J connectivity index is 2.18. The van der Waals surface area contributed by atoms with Crippen LogP contribution in [0.2, 0.25) is 0 Å². The zero-order valence-corrected chi connectivity index (χ0v) is 11.0. The van der Waals surface area contributed by atoms with Gasteiger partial charge in [-0.05, 0) is 31.2 Å². The van der Waals surface area contributed by atoms with Crippen molar-refractivity contribution in [1.82, 2.24) is 0 Å². The first-order valence-corrected chi connectivity index (χ1v) is 5.97. The van der Waals surface area contributed by atoms with Crippen LogP contribution in [0.15, 0.2) is 47.6 Å². The minimum Gasteiger partial charge on any atom is -0.278 e. The van der Waals surface area contributed by atoms with Crippen molar-refractivity contribution < 1.29 is 13.7 Å². The van der Waals surface area contributed by atoms with Gasteiger partial charge in [0.25, 0.3) is 5.69 Å². The summed E-state index contributed by atoms with van der Waals surface area (Å²) < 4.78 is 26.0. The maximum Gasteiger partial charge on any atom is 0.271 e. The number of halogens is 2. The Labute approximate surface area is 119 Å². The van der Waals surface area contributed by atoms with Crippen LogP contribution in [-0.4, -0.2) is 10.6 Å². The smallest absolute Gasteiger partial charge is 0.271 e. The molecular weight excluding hydrogens is 280 g/mol. The molecule has 0 aliphatic heterocycles. The lowest BCUT2D eigenvalue weighted by molar-refractivity contribution is -0.384. The first-order valence-electron chi connectivity index (χ1n) is 5.97. The van der Waals surface area contributed by atoms with Crippen LogP contribution in [-0.2, 0) is 0 Å². The molecule has 21 heavy (non-hydrogen) atoms. The van der Waals surface area contributed by atoms with Crippen molar-refractivity contribution in [3.63, 3.8) is 0 Å². The average molecular weight is 291 g/mol. The lowest BCUT2D eigenvalue weighted by Crippen LogP contribution is -2.01. The molecule has 0 amide bonds. The Morgan fingerprint density at radius 2 is 1.95 bits per heavy atom. The summed E-state index contributed by atoms with van der Waals surface area (Å²) in [7, 11) is 0. The summed E-state index contributed by atoms with van der Waals surface area (Å²) in [6.07, 6.45) is 0. The van der Waals surface area contributed by atoms with Gasteiger partial charge in [-0.2, -0.15) is 5.10 Å². The van der Waals surface area contributed by atoms with Crippen LogP contribution < -0.4 is 5.43 Å². The number of hydrogen-bond donors (Lipinski definition) is 1. The molecule has 0 fully saturated rings. The van der Waals surface area contributed by atoms with Crippen LogP contribution in [0.1, 0.15) is 12.5 Å². The largest absolute Gasteiger partial charge is 0.278 e. The quantitative estimate of drug-likeness (QED) is 0.530. The molecule has 0 aliphatic carbocycles. The van der Waals surface area contributed by atoms with E-state index in [1.807, 2.05) is 0 Å². The Bertz CT molecular complexity index is 717. The average Bonchev–Trinajstić information content (AvgIpc) is 2.48. The van der Waals surface area contributed by atoms with Gasteiger partial charge in [-0.3, -0.25) is 15.5 Å². The maximum atomic E-state index is 13.1. The zero-order chi connectivity index (χ0) is 15.4. The number of rotatable bonds is 4. The molecule has 108 valence electrons. The number of nitro benzene ring substituents is 1. The third-order valence-electron chi connectivity index (χ3n) is 2.75. The summed E-state index contributed by atoms with van der Waals surface area (Å²) in [6.45, 7) is 1.61. The minimum absolute atomic E-state index is 0.0688. The predicted octanol–water partition coefficient (Wildman–Crippen LogP) is 3.71. The van der Waals surface area contributed by atoms with Crippen LogP contribution in [0.3, 0.4) is 0 Å². The molecule has 2 rings (SSSR count). The van der Waals surface area contributed by atoms with Crippen molar-refractivity contribution in [2.45, 2.75) is 6.92 Å². The van der Waals surface area contributed by atoms with Gasteiger partial charge in [0.1, 0.15) is 0 Å². The highest BCUT2D eigenvalue weighted by atomic mass is 19.2. The summed E-state index contributed by atoms with van der Waals surface area (Å²) >= 11 is 0. The van der Waals surface area contributed by atoms with Crippen molar-refractivity contribution in [1.29, 1.82) is 0 Å². The molecule has 0 heterocycles. The first kappa shape index (κ1) is 14.6. The van der Waals surface area contributed by atoms with E-state index in [0.29, 0.717) is 17.0 Å². The molecule has 0 bridgehead atoms. The molecule has 0 aliphatic rings. The SMILES string of the molecule is C/C(=N/Nc1cccc([N+](=O)[O-])c1)c1ccc(F)c(F)c1. The number of benzene rings is 2. The van der Waals surface area contributed by atoms with Gasteiger partial charge in [-0.25, -0.2) is 8.78 Å². The van der Waals surface area contributed by atoms with E-state index in [9.17, 15) is 18.9 Å². The molecule has 7 heteroatoms. The lowest BCUT2D eigenvalue weighted by atomic mass is 10.1. The Morgan fingerprint density at radius 3 is 2.62 bits per heavy atom. The fourth-order valence-corrected chi connectivity index (χ4v) is 1.62. The number of hydrogen-bond acceptors (Lipinski definition) is 4. The van der Waals surface area contributed by atoms with Gasteiger partial charge in [-0.15, -0.1) is 0 Å². The fraction of sp³-hybridized carbons (Fsp3) is 0.0714. The number of anilines is 1. The summed E-state index contributed by atoms with van der Waals surface area (Å²) in [6, 6.07) is 9.24. The Kier molecular flexibility index (Phi) is 4.22. The number of nitro groups is 1. The first-order chi connectivity index (χ1) is 9.97. The van der Waals surface area contributed by atoms with Gasteiger partial charge >= 0.3 is 0 Å². The highest BCUT2D eigenvalue weighted by molar-refractivity contribution is 5.99. The molecule has 0 unspecified atom stereocenters. The van der Waals surface area contributed by atoms with Crippen molar-refractivity contribution >= 4 is 17.1 Å². The van der Waals surface area contributed by atoms with Crippen molar-refractivity contribution in [3.05, 3.63) is 69.8 Å². The Morgan fingerprint density at radius 1 is 1.19 bits per heavy atom. The van der Waals surface area contributed by atoms with E-state index in [1.165, 1.54) is 24.3 Å². The maximum absolute atomic E-state index is 13.1. The van der Waals surface area contributed by atoms with Crippen LogP contribution in [0.25, 0.3) is 0 Å². The second-order valence-corrected chi connectivity index (χ2v) is 4.25. The summed E-state index contributed by atoms with van der Waals surface area (Å²) in [5.41, 5.74) is 3.82. The molecule has 1 N–H and O–H groups in total. The van der Waals surface area contributed by atoms with E-state index in [1.54, 1.807) is 13.0 Å². The lowest BCUT2D eigenvalue weighted by Gasteiger charge is -2.04. The predicted molar refractivity (Wildman–Crippen MR) is 75.3 cm³/mol. The van der Waals surface area contributed by atoms with Gasteiger partial charge < -0.3 is 0 Å². The van der Waals surface area contributed by atoms with E-state index in [4.69, 9.17) is 0 Å². The van der Waals surface area contributed by atoms with Crippen LogP contribution in [0.4, 0.5) is 20.2 Å². The van der Waals surface area contributed by atoms with Gasteiger partial charge in [0.2, 0.25) is 0 Å². The second-order valence-electron chi connectivity index (χ2n) is 4.25. The van der Waals surface area contributed by atoms with Crippen LogP contribution in [0, 0.1) is 21.7 Å². The standard InChI is InChI=1S/C14H11F2N3O2/c1-9(10-5-6-13(15)14(16)7-10)17-18-11-3-2-4-12(8-11)19(20)21/h2-8,18H,1H3/b17-9-. The third-order valence-corrected chi connectivity index (χ3v) is 2.75. The molecule has 2 aromatic rings. The molecule has 0 atom stereocenters. The van der Waals surface area contributed by atoms with Gasteiger partial charge in [0.15, 0.2) is 11.6 Å². The van der Waals surface area contributed by atoms with Crippen molar-refractivity contribution in [3.8, 4) is 0 Å². The molecule has 2 aromatic carbocycles. The summed E-state index contributed by atoms with van der Waals surface area (Å²) in [5.74, 6) is -1.89. The van der Waals surface area contributed by atoms with E-state index in [0.717, 1.165) is 12.1 Å². The molecular formula is C14H11F2N3O2.